The molecule has 1 aromatic carbocycles. The van der Waals surface area contributed by atoms with Crippen molar-refractivity contribution in [3.8, 4) is 22.4 Å². The molecule has 0 spiro atoms. The SMILES string of the molecule is Cc1ccc(NC(=O)N2CCO[C@H](C)C2)cc1-c1cc(-c2cnn(C)c2)nc(N2CCOCC2)c1. The zero-order chi connectivity index (χ0) is 24.4. The minimum atomic E-state index is -0.102. The summed E-state index contributed by atoms with van der Waals surface area (Å²) in [5, 5.41) is 7.41. The second kappa shape index (κ2) is 10.1. The molecule has 2 aliphatic rings. The number of nitrogens with one attached hydrogen (secondary N) is 1. The molecule has 9 nitrogen and oxygen atoms in total. The van der Waals surface area contributed by atoms with Crippen molar-refractivity contribution in [1.29, 1.82) is 0 Å². The summed E-state index contributed by atoms with van der Waals surface area (Å²) in [6, 6.07) is 10.2. The number of carbonyl (C=O) groups is 1. The first-order valence-corrected chi connectivity index (χ1v) is 12.1. The number of aromatic nitrogens is 3. The lowest BCUT2D eigenvalue weighted by Gasteiger charge is -2.31. The second-order valence-corrected chi connectivity index (χ2v) is 9.19. The van der Waals surface area contributed by atoms with Gasteiger partial charge in [0.15, 0.2) is 0 Å². The van der Waals surface area contributed by atoms with Crippen LogP contribution >= 0.6 is 0 Å². The zero-order valence-electron chi connectivity index (χ0n) is 20.5. The molecule has 2 fully saturated rings. The summed E-state index contributed by atoms with van der Waals surface area (Å²) in [4.78, 5) is 21.9. The van der Waals surface area contributed by atoms with E-state index in [4.69, 9.17) is 14.5 Å². The standard InChI is InChI=1S/C26H32N6O3/c1-18-4-5-22(28-26(33)32-8-11-35-19(2)16-32)14-23(18)20-12-24(21-15-27-30(3)17-21)29-25(13-20)31-6-9-34-10-7-31/h4-5,12-15,17,19H,6-11,16H2,1-3H3,(H,28,33)/t19-/m1/s1. The highest BCUT2D eigenvalue weighted by atomic mass is 16.5. The Labute approximate surface area is 205 Å². The maximum absolute atomic E-state index is 12.9. The quantitative estimate of drug-likeness (QED) is 0.620. The topological polar surface area (TPSA) is 84.8 Å². The number of carbonyl (C=O) groups excluding carboxylic acids is 1. The Morgan fingerprint density at radius 3 is 2.66 bits per heavy atom. The van der Waals surface area contributed by atoms with Gasteiger partial charge in [-0.15, -0.1) is 0 Å². The Bertz CT molecular complexity index is 1200. The number of nitrogens with zero attached hydrogens (tertiary/aromatic N) is 5. The third-order valence-electron chi connectivity index (χ3n) is 6.48. The molecule has 4 heterocycles. The molecular formula is C26H32N6O3. The average Bonchev–Trinajstić information content (AvgIpc) is 3.32. The number of pyridine rings is 1. The molecule has 0 aliphatic carbocycles. The molecule has 0 unspecified atom stereocenters. The van der Waals surface area contributed by atoms with Crippen molar-refractivity contribution in [2.75, 3.05) is 56.2 Å². The number of anilines is 2. The predicted molar refractivity (Wildman–Crippen MR) is 136 cm³/mol. The molecule has 9 heteroatoms. The van der Waals surface area contributed by atoms with E-state index in [1.807, 2.05) is 44.6 Å². The molecule has 1 N–H and O–H groups in total. The highest BCUT2D eigenvalue weighted by molar-refractivity contribution is 5.91. The van der Waals surface area contributed by atoms with E-state index >= 15 is 0 Å². The number of aryl methyl sites for hydroxylation is 2. The van der Waals surface area contributed by atoms with Gasteiger partial charge in [-0.1, -0.05) is 6.07 Å². The summed E-state index contributed by atoms with van der Waals surface area (Å²) in [7, 11) is 1.90. The number of morpholine rings is 2. The van der Waals surface area contributed by atoms with Crippen LogP contribution in [-0.2, 0) is 16.5 Å². The van der Waals surface area contributed by atoms with Crippen molar-refractivity contribution in [2.45, 2.75) is 20.0 Å². The van der Waals surface area contributed by atoms with Crippen LogP contribution in [0, 0.1) is 6.92 Å². The van der Waals surface area contributed by atoms with E-state index in [1.54, 1.807) is 9.58 Å². The van der Waals surface area contributed by atoms with Crippen molar-refractivity contribution in [3.05, 3.63) is 48.3 Å². The van der Waals surface area contributed by atoms with Crippen LogP contribution in [0.3, 0.4) is 0 Å². The molecule has 2 aliphatic heterocycles. The molecule has 2 aromatic heterocycles. The number of ether oxygens (including phenoxy) is 2. The van der Waals surface area contributed by atoms with Gasteiger partial charge in [-0.25, -0.2) is 9.78 Å². The Balaban J connectivity index is 1.48. The maximum Gasteiger partial charge on any atom is 0.322 e. The lowest BCUT2D eigenvalue weighted by molar-refractivity contribution is -0.00138. The van der Waals surface area contributed by atoms with E-state index in [9.17, 15) is 4.79 Å². The van der Waals surface area contributed by atoms with Crippen molar-refractivity contribution < 1.29 is 14.3 Å². The van der Waals surface area contributed by atoms with Crippen LogP contribution < -0.4 is 10.2 Å². The Hall–Kier alpha value is -3.43. The lowest BCUT2D eigenvalue weighted by atomic mass is 9.98. The van der Waals surface area contributed by atoms with E-state index in [2.05, 4.69) is 34.4 Å². The first-order valence-electron chi connectivity index (χ1n) is 12.1. The number of urea groups is 1. The van der Waals surface area contributed by atoms with Crippen molar-refractivity contribution >= 4 is 17.5 Å². The van der Waals surface area contributed by atoms with Crippen LogP contribution in [0.2, 0.25) is 0 Å². The van der Waals surface area contributed by atoms with Crippen LogP contribution in [-0.4, -0.2) is 77.8 Å². The smallest absolute Gasteiger partial charge is 0.322 e. The highest BCUT2D eigenvalue weighted by Crippen LogP contribution is 2.33. The molecule has 1 atom stereocenters. The van der Waals surface area contributed by atoms with Gasteiger partial charge in [0.25, 0.3) is 0 Å². The second-order valence-electron chi connectivity index (χ2n) is 9.19. The number of hydrogen-bond donors (Lipinski definition) is 1. The monoisotopic (exact) mass is 476 g/mol. The fourth-order valence-corrected chi connectivity index (χ4v) is 4.54. The molecular weight excluding hydrogens is 444 g/mol. The molecule has 2 amide bonds. The fourth-order valence-electron chi connectivity index (χ4n) is 4.54. The van der Waals surface area contributed by atoms with Gasteiger partial charge >= 0.3 is 6.03 Å². The van der Waals surface area contributed by atoms with E-state index in [1.165, 1.54) is 0 Å². The number of amides is 2. The molecule has 0 radical (unpaired) electrons. The minimum absolute atomic E-state index is 0.0457. The fraction of sp³-hybridized carbons (Fsp3) is 0.423. The molecule has 0 saturated carbocycles. The van der Waals surface area contributed by atoms with Crippen LogP contribution in [0.5, 0.6) is 0 Å². The van der Waals surface area contributed by atoms with Gasteiger partial charge in [-0.05, 0) is 54.8 Å². The van der Waals surface area contributed by atoms with E-state index in [0.717, 1.165) is 52.5 Å². The first kappa shape index (κ1) is 23.3. The van der Waals surface area contributed by atoms with E-state index in [-0.39, 0.29) is 12.1 Å². The Kier molecular flexibility index (Phi) is 6.70. The number of benzene rings is 1. The summed E-state index contributed by atoms with van der Waals surface area (Å²) in [6.07, 6.45) is 3.86. The van der Waals surface area contributed by atoms with Gasteiger partial charge in [0.2, 0.25) is 0 Å². The number of rotatable bonds is 4. The van der Waals surface area contributed by atoms with Crippen LogP contribution in [0.1, 0.15) is 12.5 Å². The summed E-state index contributed by atoms with van der Waals surface area (Å²) in [6.45, 7) is 8.80. The summed E-state index contributed by atoms with van der Waals surface area (Å²) >= 11 is 0. The number of hydrogen-bond acceptors (Lipinski definition) is 6. The van der Waals surface area contributed by atoms with Crippen LogP contribution in [0.25, 0.3) is 22.4 Å². The third-order valence-corrected chi connectivity index (χ3v) is 6.48. The summed E-state index contributed by atoms with van der Waals surface area (Å²) in [5.74, 6) is 0.917. The molecule has 5 rings (SSSR count). The average molecular weight is 477 g/mol. The van der Waals surface area contributed by atoms with Crippen LogP contribution in [0.15, 0.2) is 42.7 Å². The molecule has 35 heavy (non-hydrogen) atoms. The molecule has 3 aromatic rings. The van der Waals surface area contributed by atoms with Crippen molar-refractivity contribution in [1.82, 2.24) is 19.7 Å². The summed E-state index contributed by atoms with van der Waals surface area (Å²) < 4.78 is 12.9. The van der Waals surface area contributed by atoms with Gasteiger partial charge in [0.05, 0.1) is 37.8 Å². The van der Waals surface area contributed by atoms with Gasteiger partial charge in [-0.3, -0.25) is 4.68 Å². The van der Waals surface area contributed by atoms with Crippen molar-refractivity contribution in [2.24, 2.45) is 7.05 Å². The molecule has 184 valence electrons. The van der Waals surface area contributed by atoms with E-state index in [0.29, 0.717) is 32.9 Å². The lowest BCUT2D eigenvalue weighted by Crippen LogP contribution is -2.46. The highest BCUT2D eigenvalue weighted by Gasteiger charge is 2.22. The zero-order valence-corrected chi connectivity index (χ0v) is 20.5. The van der Waals surface area contributed by atoms with Gasteiger partial charge < -0.3 is 24.6 Å². The predicted octanol–water partition coefficient (Wildman–Crippen LogP) is 3.55. The molecule has 2 saturated heterocycles. The largest absolute Gasteiger partial charge is 0.378 e. The minimum Gasteiger partial charge on any atom is -0.378 e. The first-order chi connectivity index (χ1) is 17.0. The van der Waals surface area contributed by atoms with Gasteiger partial charge in [0.1, 0.15) is 5.82 Å². The van der Waals surface area contributed by atoms with Crippen LogP contribution in [0.4, 0.5) is 16.3 Å². The van der Waals surface area contributed by atoms with Crippen molar-refractivity contribution in [3.63, 3.8) is 0 Å². The van der Waals surface area contributed by atoms with Gasteiger partial charge in [-0.2, -0.15) is 5.10 Å². The maximum atomic E-state index is 12.9. The molecule has 0 bridgehead atoms. The van der Waals surface area contributed by atoms with Gasteiger partial charge in [0, 0.05) is 50.7 Å². The Morgan fingerprint density at radius 2 is 1.91 bits per heavy atom. The third kappa shape index (κ3) is 5.31. The summed E-state index contributed by atoms with van der Waals surface area (Å²) in [5.41, 5.74) is 5.83. The Morgan fingerprint density at radius 1 is 1.09 bits per heavy atom. The normalized spacial score (nSPS) is 18.5. The van der Waals surface area contributed by atoms with E-state index < -0.39 is 0 Å².